The standard InChI is InChI=1S/C28H25NO5/c1-19(30)29-28(22-5-3-2-4-6-22)27(25(33)17-11-20-7-13-23(31)14-8-20)26(34)18-12-21-9-15-24(32)16-10-21/h2-18,27-28,31-32H,1H3,(H,29,30). The van der Waals surface area contributed by atoms with E-state index in [0.29, 0.717) is 16.7 Å². The van der Waals surface area contributed by atoms with Crippen LogP contribution in [0.1, 0.15) is 29.7 Å². The summed E-state index contributed by atoms with van der Waals surface area (Å²) < 4.78 is 0. The number of nitrogens with one attached hydrogen (secondary N) is 1. The number of ketones is 2. The maximum absolute atomic E-state index is 13.3. The molecule has 1 unspecified atom stereocenters. The van der Waals surface area contributed by atoms with Crippen LogP contribution in [0.4, 0.5) is 0 Å². The Kier molecular flexibility index (Phi) is 8.13. The van der Waals surface area contributed by atoms with E-state index >= 15 is 0 Å². The summed E-state index contributed by atoms with van der Waals surface area (Å²) in [6.45, 7) is 1.33. The normalized spacial score (nSPS) is 13.0. The Bertz CT molecular complexity index is 1130. The number of aromatic hydroxyl groups is 2. The first kappa shape index (κ1) is 24.2. The summed E-state index contributed by atoms with van der Waals surface area (Å²) in [6.07, 6.45) is 5.73. The van der Waals surface area contributed by atoms with Crippen LogP contribution in [-0.2, 0) is 14.4 Å². The van der Waals surface area contributed by atoms with Crippen LogP contribution in [-0.4, -0.2) is 27.7 Å². The van der Waals surface area contributed by atoms with Crippen molar-refractivity contribution >= 4 is 29.6 Å². The highest BCUT2D eigenvalue weighted by Crippen LogP contribution is 2.26. The van der Waals surface area contributed by atoms with Crippen LogP contribution < -0.4 is 5.32 Å². The molecule has 3 N–H and O–H groups in total. The summed E-state index contributed by atoms with van der Waals surface area (Å²) in [5.74, 6) is -2.32. The summed E-state index contributed by atoms with van der Waals surface area (Å²) in [5, 5.41) is 21.7. The molecule has 0 spiro atoms. The second-order valence-electron chi connectivity index (χ2n) is 7.72. The predicted octanol–water partition coefficient (Wildman–Crippen LogP) is 4.46. The molecule has 0 saturated carbocycles. The summed E-state index contributed by atoms with van der Waals surface area (Å²) in [7, 11) is 0. The molecular formula is C28H25NO5. The SMILES string of the molecule is CC(=O)NC(c1ccccc1)C(C(=O)C=Cc1ccc(O)cc1)C(=O)C=Cc1ccc(O)cc1. The summed E-state index contributed by atoms with van der Waals surface area (Å²) in [5.41, 5.74) is 1.97. The molecule has 0 saturated heterocycles. The Hall–Kier alpha value is -4.45. The fourth-order valence-corrected chi connectivity index (χ4v) is 3.44. The lowest BCUT2D eigenvalue weighted by atomic mass is 9.85. The number of phenols is 2. The van der Waals surface area contributed by atoms with Crippen molar-refractivity contribution in [1.82, 2.24) is 5.32 Å². The smallest absolute Gasteiger partial charge is 0.217 e. The maximum atomic E-state index is 13.3. The minimum Gasteiger partial charge on any atom is -0.508 e. The molecule has 3 aromatic rings. The molecule has 34 heavy (non-hydrogen) atoms. The number of amides is 1. The average Bonchev–Trinajstić information content (AvgIpc) is 2.83. The molecule has 0 bridgehead atoms. The van der Waals surface area contributed by atoms with Crippen molar-refractivity contribution in [2.75, 3.05) is 0 Å². The molecule has 0 aliphatic rings. The number of carbonyl (C=O) groups excluding carboxylic acids is 3. The zero-order chi connectivity index (χ0) is 24.5. The fraction of sp³-hybridized carbons (Fsp3) is 0.107. The topological polar surface area (TPSA) is 104 Å². The lowest BCUT2D eigenvalue weighted by Gasteiger charge is -2.24. The Morgan fingerprint density at radius 3 is 1.56 bits per heavy atom. The van der Waals surface area contributed by atoms with E-state index in [0.717, 1.165) is 0 Å². The van der Waals surface area contributed by atoms with Crippen LogP contribution in [0.15, 0.2) is 91.0 Å². The number of rotatable bonds is 9. The van der Waals surface area contributed by atoms with Gasteiger partial charge >= 0.3 is 0 Å². The van der Waals surface area contributed by atoms with Gasteiger partial charge in [-0.1, -0.05) is 66.7 Å². The monoisotopic (exact) mass is 455 g/mol. The molecule has 1 amide bonds. The fourth-order valence-electron chi connectivity index (χ4n) is 3.44. The third-order valence-corrected chi connectivity index (χ3v) is 5.13. The average molecular weight is 456 g/mol. The molecule has 0 radical (unpaired) electrons. The first-order valence-corrected chi connectivity index (χ1v) is 10.7. The molecule has 0 aromatic heterocycles. The van der Waals surface area contributed by atoms with Crippen molar-refractivity contribution in [2.24, 2.45) is 5.92 Å². The van der Waals surface area contributed by atoms with Gasteiger partial charge in [-0.15, -0.1) is 0 Å². The Morgan fingerprint density at radius 2 is 1.15 bits per heavy atom. The van der Waals surface area contributed by atoms with Crippen LogP contribution in [0.3, 0.4) is 0 Å². The number of phenolic OH excluding ortho intramolecular Hbond substituents is 2. The molecule has 3 aromatic carbocycles. The molecule has 0 aliphatic carbocycles. The van der Waals surface area contributed by atoms with Crippen molar-refractivity contribution in [3.05, 3.63) is 108 Å². The molecule has 6 nitrogen and oxygen atoms in total. The van der Waals surface area contributed by atoms with E-state index in [1.54, 1.807) is 60.7 Å². The highest BCUT2D eigenvalue weighted by molar-refractivity contribution is 6.14. The van der Waals surface area contributed by atoms with Gasteiger partial charge in [-0.2, -0.15) is 0 Å². The lowest BCUT2D eigenvalue weighted by molar-refractivity contribution is -0.129. The highest BCUT2D eigenvalue weighted by atomic mass is 16.3. The van der Waals surface area contributed by atoms with E-state index in [4.69, 9.17) is 0 Å². The van der Waals surface area contributed by atoms with Crippen molar-refractivity contribution in [3.63, 3.8) is 0 Å². The highest BCUT2D eigenvalue weighted by Gasteiger charge is 2.33. The summed E-state index contributed by atoms with van der Waals surface area (Å²) >= 11 is 0. The zero-order valence-corrected chi connectivity index (χ0v) is 18.6. The Balaban J connectivity index is 1.96. The number of allylic oxidation sites excluding steroid dienone is 2. The molecule has 0 fully saturated rings. The first-order chi connectivity index (χ1) is 16.3. The third kappa shape index (κ3) is 6.77. The minimum atomic E-state index is -1.20. The second-order valence-corrected chi connectivity index (χ2v) is 7.72. The maximum Gasteiger partial charge on any atom is 0.217 e. The zero-order valence-electron chi connectivity index (χ0n) is 18.6. The van der Waals surface area contributed by atoms with Crippen molar-refractivity contribution in [2.45, 2.75) is 13.0 Å². The van der Waals surface area contributed by atoms with E-state index in [2.05, 4.69) is 5.32 Å². The van der Waals surface area contributed by atoms with Gasteiger partial charge in [0.2, 0.25) is 5.91 Å². The lowest BCUT2D eigenvalue weighted by Crippen LogP contribution is -2.39. The van der Waals surface area contributed by atoms with Gasteiger partial charge in [0, 0.05) is 6.92 Å². The number of hydrogen-bond acceptors (Lipinski definition) is 5. The van der Waals surface area contributed by atoms with Gasteiger partial charge in [0.1, 0.15) is 17.4 Å². The van der Waals surface area contributed by atoms with Crippen molar-refractivity contribution in [1.29, 1.82) is 0 Å². The van der Waals surface area contributed by atoms with Gasteiger partial charge in [-0.3, -0.25) is 14.4 Å². The van der Waals surface area contributed by atoms with Gasteiger partial charge in [-0.25, -0.2) is 0 Å². The quantitative estimate of drug-likeness (QED) is 0.327. The Labute approximate surface area is 197 Å². The molecule has 172 valence electrons. The largest absolute Gasteiger partial charge is 0.508 e. The molecule has 0 aliphatic heterocycles. The van der Waals surface area contributed by atoms with Crippen LogP contribution in [0.2, 0.25) is 0 Å². The van der Waals surface area contributed by atoms with Gasteiger partial charge in [-0.05, 0) is 53.1 Å². The van der Waals surface area contributed by atoms with Crippen LogP contribution in [0, 0.1) is 5.92 Å². The van der Waals surface area contributed by atoms with E-state index in [1.165, 1.54) is 43.3 Å². The predicted molar refractivity (Wildman–Crippen MR) is 131 cm³/mol. The third-order valence-electron chi connectivity index (χ3n) is 5.13. The molecule has 1 atom stereocenters. The molecular weight excluding hydrogens is 430 g/mol. The minimum absolute atomic E-state index is 0.102. The van der Waals surface area contributed by atoms with E-state index in [1.807, 2.05) is 6.07 Å². The van der Waals surface area contributed by atoms with Gasteiger partial charge in [0.05, 0.1) is 6.04 Å². The first-order valence-electron chi connectivity index (χ1n) is 10.7. The van der Waals surface area contributed by atoms with Crippen molar-refractivity contribution < 1.29 is 24.6 Å². The van der Waals surface area contributed by atoms with Crippen LogP contribution >= 0.6 is 0 Å². The number of benzene rings is 3. The Morgan fingerprint density at radius 1 is 0.706 bits per heavy atom. The van der Waals surface area contributed by atoms with Crippen molar-refractivity contribution in [3.8, 4) is 11.5 Å². The van der Waals surface area contributed by atoms with E-state index < -0.39 is 23.5 Å². The summed E-state index contributed by atoms with van der Waals surface area (Å²) in [4.78, 5) is 38.6. The van der Waals surface area contributed by atoms with Crippen LogP contribution in [0.5, 0.6) is 11.5 Å². The van der Waals surface area contributed by atoms with Gasteiger partial charge in [0.15, 0.2) is 11.6 Å². The summed E-state index contributed by atoms with van der Waals surface area (Å²) in [6, 6.07) is 20.5. The van der Waals surface area contributed by atoms with Crippen LogP contribution in [0.25, 0.3) is 12.2 Å². The van der Waals surface area contributed by atoms with Gasteiger partial charge < -0.3 is 15.5 Å². The molecule has 6 heteroatoms. The molecule has 3 rings (SSSR count). The number of carbonyl (C=O) groups is 3. The van der Waals surface area contributed by atoms with E-state index in [-0.39, 0.29) is 17.4 Å². The number of hydrogen-bond donors (Lipinski definition) is 3. The van der Waals surface area contributed by atoms with E-state index in [9.17, 15) is 24.6 Å². The van der Waals surface area contributed by atoms with Gasteiger partial charge in [0.25, 0.3) is 0 Å². The molecule has 0 heterocycles. The second kappa shape index (κ2) is 11.4.